The van der Waals surface area contributed by atoms with Crippen molar-refractivity contribution in [3.63, 3.8) is 0 Å². The lowest BCUT2D eigenvalue weighted by Crippen LogP contribution is -1.92. The fourth-order valence-corrected chi connectivity index (χ4v) is 0.774. The third-order valence-electron chi connectivity index (χ3n) is 1.26. The molecule has 1 N–H and O–H groups in total. The van der Waals surface area contributed by atoms with E-state index in [2.05, 4.69) is 20.5 Å². The van der Waals surface area contributed by atoms with Gasteiger partial charge in [-0.3, -0.25) is 5.32 Å². The van der Waals surface area contributed by atoms with E-state index >= 15 is 0 Å². The molecule has 2 aromatic rings. The molecular formula is C7H6N4O. The molecule has 12 heavy (non-hydrogen) atoms. The van der Waals surface area contributed by atoms with Crippen molar-refractivity contribution in [1.29, 1.82) is 0 Å². The van der Waals surface area contributed by atoms with Gasteiger partial charge in [0.05, 0.1) is 0 Å². The second-order valence-corrected chi connectivity index (χ2v) is 2.08. The Bertz CT molecular complexity index is 332. The van der Waals surface area contributed by atoms with Crippen molar-refractivity contribution in [2.45, 2.75) is 0 Å². The minimum absolute atomic E-state index is 0.341. The van der Waals surface area contributed by atoms with E-state index in [4.69, 9.17) is 4.42 Å². The maximum Gasteiger partial charge on any atom is 0.321 e. The van der Waals surface area contributed by atoms with Gasteiger partial charge in [-0.1, -0.05) is 11.2 Å². The molecule has 60 valence electrons. The predicted octanol–water partition coefficient (Wildman–Crippen LogP) is 1.21. The zero-order valence-electron chi connectivity index (χ0n) is 6.14. The first-order valence-electron chi connectivity index (χ1n) is 3.39. The highest BCUT2D eigenvalue weighted by Gasteiger charge is 1.97. The SMILES string of the molecule is c1ccc(Nc2nnco2)nc1. The normalized spacial score (nSPS) is 9.67. The summed E-state index contributed by atoms with van der Waals surface area (Å²) in [5.41, 5.74) is 0. The van der Waals surface area contributed by atoms with E-state index in [9.17, 15) is 0 Å². The molecule has 0 atom stereocenters. The van der Waals surface area contributed by atoms with E-state index in [1.807, 2.05) is 18.2 Å². The van der Waals surface area contributed by atoms with Crippen molar-refractivity contribution in [2.24, 2.45) is 0 Å². The predicted molar refractivity (Wildman–Crippen MR) is 41.8 cm³/mol. The third kappa shape index (κ3) is 1.39. The van der Waals surface area contributed by atoms with Gasteiger partial charge in [0, 0.05) is 6.20 Å². The number of aromatic nitrogens is 3. The lowest BCUT2D eigenvalue weighted by molar-refractivity contribution is 0.571. The van der Waals surface area contributed by atoms with E-state index in [1.165, 1.54) is 6.39 Å². The molecule has 0 aliphatic carbocycles. The topological polar surface area (TPSA) is 63.8 Å². The molecule has 0 amide bonds. The van der Waals surface area contributed by atoms with Gasteiger partial charge in [-0.05, 0) is 12.1 Å². The summed E-state index contributed by atoms with van der Waals surface area (Å²) in [5, 5.41) is 9.99. The molecule has 2 aromatic heterocycles. The van der Waals surface area contributed by atoms with E-state index in [1.54, 1.807) is 6.20 Å². The van der Waals surface area contributed by atoms with Crippen LogP contribution >= 0.6 is 0 Å². The van der Waals surface area contributed by atoms with Crippen molar-refractivity contribution in [3.05, 3.63) is 30.8 Å². The first kappa shape index (κ1) is 6.78. The average Bonchev–Trinajstić information content (AvgIpc) is 2.59. The Labute approximate surface area is 68.5 Å². The molecule has 0 aromatic carbocycles. The fourth-order valence-electron chi connectivity index (χ4n) is 0.774. The molecule has 0 unspecified atom stereocenters. The van der Waals surface area contributed by atoms with Crippen molar-refractivity contribution in [2.75, 3.05) is 5.32 Å². The Balaban J connectivity index is 2.15. The molecular weight excluding hydrogens is 156 g/mol. The average molecular weight is 162 g/mol. The Morgan fingerprint density at radius 2 is 2.33 bits per heavy atom. The van der Waals surface area contributed by atoms with E-state index in [0.717, 1.165) is 0 Å². The standard InChI is InChI=1S/C7H6N4O/c1-2-4-8-6(3-1)10-7-11-9-5-12-7/h1-5H,(H,8,10,11). The molecule has 0 aliphatic rings. The molecule has 0 radical (unpaired) electrons. The van der Waals surface area contributed by atoms with Gasteiger partial charge in [0.2, 0.25) is 6.39 Å². The van der Waals surface area contributed by atoms with Crippen molar-refractivity contribution < 1.29 is 4.42 Å². The summed E-state index contributed by atoms with van der Waals surface area (Å²) < 4.78 is 4.86. The highest BCUT2D eigenvalue weighted by Crippen LogP contribution is 2.08. The molecule has 5 heteroatoms. The second kappa shape index (κ2) is 3.00. The number of nitrogens with one attached hydrogen (secondary N) is 1. The minimum atomic E-state index is 0.341. The lowest BCUT2D eigenvalue weighted by Gasteiger charge is -1.96. The van der Waals surface area contributed by atoms with Gasteiger partial charge in [-0.15, -0.1) is 5.10 Å². The number of anilines is 2. The number of hydrogen-bond acceptors (Lipinski definition) is 5. The van der Waals surface area contributed by atoms with Crippen molar-refractivity contribution >= 4 is 11.8 Å². The van der Waals surface area contributed by atoms with Crippen LogP contribution < -0.4 is 5.32 Å². The summed E-state index contributed by atoms with van der Waals surface area (Å²) in [6.45, 7) is 0. The molecule has 0 bridgehead atoms. The van der Waals surface area contributed by atoms with Gasteiger partial charge in [-0.2, -0.15) is 0 Å². The molecule has 0 saturated heterocycles. The maximum absolute atomic E-state index is 4.86. The third-order valence-corrected chi connectivity index (χ3v) is 1.26. The highest BCUT2D eigenvalue weighted by molar-refractivity contribution is 5.44. The van der Waals surface area contributed by atoms with Crippen LogP contribution in [0.15, 0.2) is 35.2 Å². The summed E-state index contributed by atoms with van der Waals surface area (Å²) in [7, 11) is 0. The van der Waals surface area contributed by atoms with E-state index in [0.29, 0.717) is 11.8 Å². The van der Waals surface area contributed by atoms with Crippen LogP contribution in [-0.4, -0.2) is 15.2 Å². The summed E-state index contributed by atoms with van der Waals surface area (Å²) >= 11 is 0. The van der Waals surface area contributed by atoms with Crippen LogP contribution in [0.4, 0.5) is 11.8 Å². The summed E-state index contributed by atoms with van der Waals surface area (Å²) in [6.07, 6.45) is 2.93. The largest absolute Gasteiger partial charge is 0.411 e. The van der Waals surface area contributed by atoms with Crippen LogP contribution in [0.3, 0.4) is 0 Å². The Hall–Kier alpha value is -1.91. The van der Waals surface area contributed by atoms with Crippen LogP contribution in [-0.2, 0) is 0 Å². The van der Waals surface area contributed by atoms with Crippen LogP contribution in [0.5, 0.6) is 0 Å². The van der Waals surface area contributed by atoms with Crippen LogP contribution in [0.2, 0.25) is 0 Å². The van der Waals surface area contributed by atoms with Gasteiger partial charge < -0.3 is 4.42 Å². The Morgan fingerprint density at radius 3 is 3.00 bits per heavy atom. The smallest absolute Gasteiger partial charge is 0.321 e. The zero-order chi connectivity index (χ0) is 8.23. The first-order chi connectivity index (χ1) is 5.95. The van der Waals surface area contributed by atoms with E-state index < -0.39 is 0 Å². The van der Waals surface area contributed by atoms with Crippen molar-refractivity contribution in [3.8, 4) is 0 Å². The number of pyridine rings is 1. The Morgan fingerprint density at radius 1 is 1.33 bits per heavy atom. The molecule has 2 rings (SSSR count). The van der Waals surface area contributed by atoms with Gasteiger partial charge in [-0.25, -0.2) is 4.98 Å². The molecule has 0 saturated carbocycles. The quantitative estimate of drug-likeness (QED) is 0.718. The fraction of sp³-hybridized carbons (Fsp3) is 0. The molecule has 0 aliphatic heterocycles. The molecule has 0 fully saturated rings. The second-order valence-electron chi connectivity index (χ2n) is 2.08. The first-order valence-corrected chi connectivity index (χ1v) is 3.39. The molecule has 0 spiro atoms. The summed E-state index contributed by atoms with van der Waals surface area (Å²) in [5.74, 6) is 0.682. The minimum Gasteiger partial charge on any atom is -0.411 e. The van der Waals surface area contributed by atoms with Crippen LogP contribution in [0.25, 0.3) is 0 Å². The van der Waals surface area contributed by atoms with Gasteiger partial charge in [0.15, 0.2) is 0 Å². The Kier molecular flexibility index (Phi) is 1.69. The number of rotatable bonds is 2. The maximum atomic E-state index is 4.86. The van der Waals surface area contributed by atoms with Crippen LogP contribution in [0, 0.1) is 0 Å². The van der Waals surface area contributed by atoms with Gasteiger partial charge in [0.1, 0.15) is 5.82 Å². The van der Waals surface area contributed by atoms with Gasteiger partial charge in [0.25, 0.3) is 0 Å². The van der Waals surface area contributed by atoms with Crippen LogP contribution in [0.1, 0.15) is 0 Å². The number of nitrogens with zero attached hydrogens (tertiary/aromatic N) is 3. The highest BCUT2D eigenvalue weighted by atomic mass is 16.4. The van der Waals surface area contributed by atoms with Crippen molar-refractivity contribution in [1.82, 2.24) is 15.2 Å². The van der Waals surface area contributed by atoms with Gasteiger partial charge >= 0.3 is 6.01 Å². The lowest BCUT2D eigenvalue weighted by atomic mass is 10.5. The summed E-state index contributed by atoms with van der Waals surface area (Å²) in [6, 6.07) is 5.85. The van der Waals surface area contributed by atoms with E-state index in [-0.39, 0.29) is 0 Å². The zero-order valence-corrected chi connectivity index (χ0v) is 6.14. The number of hydrogen-bond donors (Lipinski definition) is 1. The molecule has 5 nitrogen and oxygen atoms in total. The monoisotopic (exact) mass is 162 g/mol. The summed E-state index contributed by atoms with van der Waals surface area (Å²) in [4.78, 5) is 4.01. The molecule has 2 heterocycles.